The average Bonchev–Trinajstić information content (AvgIpc) is 2.79. The van der Waals surface area contributed by atoms with Gasteiger partial charge < -0.3 is 20.5 Å². The van der Waals surface area contributed by atoms with Gasteiger partial charge in [0.25, 0.3) is 0 Å². The molecule has 0 aliphatic carbocycles. The van der Waals surface area contributed by atoms with Crippen molar-refractivity contribution in [1.82, 2.24) is 9.97 Å². The number of halogens is 3. The summed E-state index contributed by atoms with van der Waals surface area (Å²) in [5.41, 5.74) is 8.41. The number of alkyl halides is 3. The number of nitrogens with two attached hydrogens (primary N) is 1. The molecule has 2 aromatic rings. The maximum Gasteiger partial charge on any atom is 0.422 e. The first kappa shape index (κ1) is 29.0. The number of hydrogen-bond donors (Lipinski definition) is 3. The Morgan fingerprint density at radius 3 is 2.56 bits per heavy atom. The molecule has 1 aromatic carbocycles. The van der Waals surface area contributed by atoms with Crippen LogP contribution < -0.4 is 15.8 Å². The van der Waals surface area contributed by atoms with Gasteiger partial charge in [0, 0.05) is 11.6 Å². The highest BCUT2D eigenvalue weighted by molar-refractivity contribution is 7.93. The van der Waals surface area contributed by atoms with Crippen LogP contribution in [0, 0.1) is 12.3 Å². The highest BCUT2D eigenvalue weighted by Gasteiger charge is 2.40. The predicted octanol–water partition coefficient (Wildman–Crippen LogP) is 2.72. The van der Waals surface area contributed by atoms with E-state index in [1.54, 1.807) is 19.1 Å². The monoisotopic (exact) mass is 531 g/mol. The van der Waals surface area contributed by atoms with Crippen molar-refractivity contribution in [1.29, 1.82) is 5.41 Å². The summed E-state index contributed by atoms with van der Waals surface area (Å²) in [5.74, 6) is -1.04. The molecule has 1 aliphatic rings. The Kier molecular flexibility index (Phi) is 9.38. The third-order valence-corrected chi connectivity index (χ3v) is 7.99. The molecule has 1 amide bonds. The van der Waals surface area contributed by atoms with Gasteiger partial charge >= 0.3 is 6.18 Å². The Hall–Kier alpha value is -3.26. The summed E-state index contributed by atoms with van der Waals surface area (Å²) >= 11 is 0. The van der Waals surface area contributed by atoms with Gasteiger partial charge in [0.15, 0.2) is 16.4 Å². The molecule has 1 aliphatic heterocycles. The van der Waals surface area contributed by atoms with Crippen LogP contribution in [0.1, 0.15) is 36.6 Å². The number of nitrogens with one attached hydrogen (secondary N) is 2. The van der Waals surface area contributed by atoms with Gasteiger partial charge in [-0.3, -0.25) is 15.2 Å². The van der Waals surface area contributed by atoms with Crippen molar-refractivity contribution >= 4 is 27.8 Å². The molecule has 0 radical (unpaired) electrons. The number of hydrogen-bond acceptors (Lipinski definition) is 8. The van der Waals surface area contributed by atoms with Gasteiger partial charge in [0.05, 0.1) is 37.1 Å². The highest BCUT2D eigenvalue weighted by atomic mass is 32.2. The topological polar surface area (TPSA) is 157 Å². The van der Waals surface area contributed by atoms with Crippen LogP contribution in [0.5, 0.6) is 5.88 Å². The standard InChI is InChI=1S/C15H21N3O4S.C7H7F3N2O/c1-15(2,14(16)17)23(20,21)8-11-7-22-6-10-3-4-12(18-9-19)5-13(10)11;1-5-2-12-6(3-11-5)13-4-7(8,9)10/h3-5,9,11H,6-8H2,1-2H3,(H3,16,17)(H,18,19);2-3H,4H2,1H3. The van der Waals surface area contributed by atoms with Crippen molar-refractivity contribution in [2.75, 3.05) is 24.3 Å². The van der Waals surface area contributed by atoms with Gasteiger partial charge in [-0.15, -0.1) is 0 Å². The van der Waals surface area contributed by atoms with Crippen LogP contribution in [0.15, 0.2) is 30.6 Å². The molecule has 2 heterocycles. The minimum atomic E-state index is -4.34. The van der Waals surface area contributed by atoms with Crippen LogP contribution in [0.25, 0.3) is 0 Å². The van der Waals surface area contributed by atoms with E-state index in [0.29, 0.717) is 24.4 Å². The number of benzene rings is 1. The second kappa shape index (κ2) is 11.6. The first-order valence-electron chi connectivity index (χ1n) is 10.6. The third kappa shape index (κ3) is 7.88. The molecular formula is C22H28F3N5O5S. The van der Waals surface area contributed by atoms with Gasteiger partial charge in [0.1, 0.15) is 10.6 Å². The summed E-state index contributed by atoms with van der Waals surface area (Å²) in [6.07, 6.45) is -1.27. The first-order valence-corrected chi connectivity index (χ1v) is 12.3. The van der Waals surface area contributed by atoms with Crippen molar-refractivity contribution in [3.63, 3.8) is 0 Å². The molecule has 3 rings (SSSR count). The highest BCUT2D eigenvalue weighted by Crippen LogP contribution is 2.32. The van der Waals surface area contributed by atoms with Crippen LogP contribution in [-0.4, -0.2) is 60.5 Å². The molecule has 198 valence electrons. The maximum atomic E-state index is 12.6. The van der Waals surface area contributed by atoms with Crippen LogP contribution in [0.3, 0.4) is 0 Å². The van der Waals surface area contributed by atoms with Crippen molar-refractivity contribution in [3.8, 4) is 5.88 Å². The minimum absolute atomic E-state index is 0.122. The second-order valence-electron chi connectivity index (χ2n) is 8.49. The lowest BCUT2D eigenvalue weighted by Gasteiger charge is -2.30. The van der Waals surface area contributed by atoms with E-state index in [0.717, 1.165) is 17.3 Å². The first-order chi connectivity index (χ1) is 16.7. The molecule has 1 aromatic heterocycles. The second-order valence-corrected chi connectivity index (χ2v) is 11.1. The number of rotatable bonds is 8. The van der Waals surface area contributed by atoms with Gasteiger partial charge in [-0.25, -0.2) is 13.4 Å². The third-order valence-electron chi connectivity index (χ3n) is 5.38. The van der Waals surface area contributed by atoms with Gasteiger partial charge in [-0.05, 0) is 44.0 Å². The Bertz CT molecular complexity index is 1170. The van der Waals surface area contributed by atoms with E-state index in [1.807, 2.05) is 6.07 Å². The van der Waals surface area contributed by atoms with E-state index in [1.165, 1.54) is 20.0 Å². The molecule has 0 saturated heterocycles. The fourth-order valence-electron chi connectivity index (χ4n) is 3.05. The van der Waals surface area contributed by atoms with Gasteiger partial charge in [0.2, 0.25) is 12.3 Å². The molecule has 1 atom stereocenters. The van der Waals surface area contributed by atoms with E-state index >= 15 is 0 Å². The Morgan fingerprint density at radius 1 is 1.31 bits per heavy atom. The SMILES string of the molecule is CC(C)(C(=N)N)S(=O)(=O)CC1COCc2ccc(NC=O)cc21.Cc1cnc(OCC(F)(F)F)cn1. The van der Waals surface area contributed by atoms with Gasteiger partial charge in [-0.1, -0.05) is 6.07 Å². The zero-order valence-corrected chi connectivity index (χ0v) is 20.7. The number of fused-ring (bicyclic) bond motifs is 1. The lowest BCUT2D eigenvalue weighted by molar-refractivity contribution is -0.154. The zero-order valence-electron chi connectivity index (χ0n) is 19.9. The molecule has 0 fully saturated rings. The molecule has 10 nitrogen and oxygen atoms in total. The summed E-state index contributed by atoms with van der Waals surface area (Å²) in [6, 6.07) is 5.33. The summed E-state index contributed by atoms with van der Waals surface area (Å²) in [6.45, 7) is 3.87. The minimum Gasteiger partial charge on any atom is -0.467 e. The van der Waals surface area contributed by atoms with Crippen molar-refractivity contribution in [2.24, 2.45) is 5.73 Å². The summed E-state index contributed by atoms with van der Waals surface area (Å²) in [5, 5.41) is 10.1. The Balaban J connectivity index is 0.000000297. The summed E-state index contributed by atoms with van der Waals surface area (Å²) in [7, 11) is -3.65. The van der Waals surface area contributed by atoms with E-state index in [-0.39, 0.29) is 30.0 Å². The van der Waals surface area contributed by atoms with Crippen molar-refractivity contribution < 1.29 is 35.9 Å². The average molecular weight is 532 g/mol. The van der Waals surface area contributed by atoms with Crippen molar-refractivity contribution in [3.05, 3.63) is 47.4 Å². The van der Waals surface area contributed by atoms with Crippen LogP contribution in [0.2, 0.25) is 0 Å². The molecule has 1 unspecified atom stereocenters. The summed E-state index contributed by atoms with van der Waals surface area (Å²) < 4.78 is 68.6. The number of sulfone groups is 1. The summed E-state index contributed by atoms with van der Waals surface area (Å²) in [4.78, 5) is 17.9. The number of amidine groups is 1. The van der Waals surface area contributed by atoms with Crippen LogP contribution in [-0.2, 0) is 26.0 Å². The van der Waals surface area contributed by atoms with E-state index < -0.39 is 27.4 Å². The molecule has 36 heavy (non-hydrogen) atoms. The molecule has 0 spiro atoms. The lowest BCUT2D eigenvalue weighted by Crippen LogP contribution is -2.47. The molecule has 14 heteroatoms. The fraction of sp³-hybridized carbons (Fsp3) is 0.455. The molecule has 0 saturated carbocycles. The van der Waals surface area contributed by atoms with Crippen LogP contribution >= 0.6 is 0 Å². The number of aryl methyl sites for hydroxylation is 1. The number of anilines is 1. The molecule has 0 bridgehead atoms. The predicted molar refractivity (Wildman–Crippen MR) is 127 cm³/mol. The van der Waals surface area contributed by atoms with Gasteiger partial charge in [-0.2, -0.15) is 13.2 Å². The number of nitrogens with zero attached hydrogens (tertiary/aromatic N) is 2. The molecule has 4 N–H and O–H groups in total. The Labute approximate surface area is 206 Å². The largest absolute Gasteiger partial charge is 0.467 e. The van der Waals surface area contributed by atoms with Crippen LogP contribution in [0.4, 0.5) is 18.9 Å². The fourth-order valence-corrected chi connectivity index (χ4v) is 4.61. The van der Waals surface area contributed by atoms with E-state index in [4.69, 9.17) is 15.9 Å². The maximum absolute atomic E-state index is 12.6. The smallest absolute Gasteiger partial charge is 0.422 e. The molecular weight excluding hydrogens is 503 g/mol. The zero-order chi connectivity index (χ0) is 27.1. The quantitative estimate of drug-likeness (QED) is 0.267. The Morgan fingerprint density at radius 2 is 2.00 bits per heavy atom. The number of aromatic nitrogens is 2. The van der Waals surface area contributed by atoms with Crippen molar-refractivity contribution in [2.45, 2.75) is 44.2 Å². The number of carbonyl (C=O) groups excluding carboxylic acids is 1. The van der Waals surface area contributed by atoms with E-state index in [2.05, 4.69) is 20.0 Å². The normalized spacial score (nSPS) is 15.7. The van der Waals surface area contributed by atoms with E-state index in [9.17, 15) is 26.4 Å². The number of ether oxygens (including phenoxy) is 2. The number of amides is 1. The number of carbonyl (C=O) groups is 1. The lowest BCUT2D eigenvalue weighted by atomic mass is 9.94.